The molecule has 1 fully saturated rings. The molecule has 0 unspecified atom stereocenters. The van der Waals surface area contributed by atoms with Crippen LogP contribution >= 0.6 is 23.5 Å². The zero-order chi connectivity index (χ0) is 20.5. The summed E-state index contributed by atoms with van der Waals surface area (Å²) < 4.78 is 3.55. The number of aromatic nitrogens is 1. The van der Waals surface area contributed by atoms with E-state index < -0.39 is 0 Å². The molecule has 4 aliphatic rings. The third-order valence-electron chi connectivity index (χ3n) is 5.87. The quantitative estimate of drug-likeness (QED) is 0.514. The second kappa shape index (κ2) is 8.50. The van der Waals surface area contributed by atoms with Crippen molar-refractivity contribution in [3.8, 4) is 11.3 Å². The van der Waals surface area contributed by atoms with Gasteiger partial charge in [0, 0.05) is 52.9 Å². The highest BCUT2D eigenvalue weighted by Crippen LogP contribution is 2.50. The van der Waals surface area contributed by atoms with Crippen LogP contribution in [0.1, 0.15) is 24.5 Å². The Morgan fingerprint density at radius 2 is 2.07 bits per heavy atom. The van der Waals surface area contributed by atoms with Gasteiger partial charge in [-0.1, -0.05) is 35.9 Å². The van der Waals surface area contributed by atoms with Crippen molar-refractivity contribution < 1.29 is 0 Å². The summed E-state index contributed by atoms with van der Waals surface area (Å²) in [7, 11) is 0. The second-order valence-electron chi connectivity index (χ2n) is 7.95. The standard InChI is InChI=1S/C24H25ClN4S/c1-16-14-21-22(28-30-16)20-4-2-3-11-27-23(20)24(21)29-13-12-26-19(15-29)10-7-17-5-8-18(25)9-6-17/h2-6,8-9,11,14,19,26,28H,7,10,12-13,15H2,1H3/t19-/m0/s1. The van der Waals surface area contributed by atoms with Gasteiger partial charge in [0.2, 0.25) is 0 Å². The molecule has 0 saturated carbocycles. The predicted molar refractivity (Wildman–Crippen MR) is 130 cm³/mol. The monoisotopic (exact) mass is 436 g/mol. The average molecular weight is 437 g/mol. The molecule has 0 spiro atoms. The van der Waals surface area contributed by atoms with E-state index >= 15 is 0 Å². The lowest BCUT2D eigenvalue weighted by Gasteiger charge is -2.36. The van der Waals surface area contributed by atoms with Crippen LogP contribution in [0, 0.1) is 0 Å². The number of anilines is 2. The van der Waals surface area contributed by atoms with Gasteiger partial charge < -0.3 is 14.9 Å². The van der Waals surface area contributed by atoms with E-state index in [4.69, 9.17) is 16.6 Å². The number of fused-ring (bicyclic) bond motifs is 3. The smallest absolute Gasteiger partial charge is 0.0963 e. The van der Waals surface area contributed by atoms with E-state index in [0.717, 1.165) is 43.2 Å². The van der Waals surface area contributed by atoms with Crippen molar-refractivity contribution in [1.82, 2.24) is 10.3 Å². The van der Waals surface area contributed by atoms with E-state index in [1.54, 1.807) is 11.9 Å². The largest absolute Gasteiger partial charge is 0.366 e. The van der Waals surface area contributed by atoms with Gasteiger partial charge in [-0.2, -0.15) is 0 Å². The molecule has 30 heavy (non-hydrogen) atoms. The Bertz CT molecular complexity index is 1050. The third kappa shape index (κ3) is 3.89. The minimum Gasteiger partial charge on any atom is -0.366 e. The summed E-state index contributed by atoms with van der Waals surface area (Å²) in [5, 5.41) is 4.51. The third-order valence-corrected chi connectivity index (χ3v) is 6.86. The fraction of sp³-hybridized carbons (Fsp3) is 0.292. The number of piperazine rings is 1. The molecule has 1 aliphatic carbocycles. The summed E-state index contributed by atoms with van der Waals surface area (Å²) in [5.74, 6) is 0. The number of nitrogens with zero attached hydrogens (tertiary/aromatic N) is 2. The highest BCUT2D eigenvalue weighted by molar-refractivity contribution is 8.04. The Hall–Kier alpha value is -2.21. The lowest BCUT2D eigenvalue weighted by atomic mass is 10.0. The number of hydrogen-bond donors (Lipinski definition) is 2. The van der Waals surface area contributed by atoms with E-state index in [1.807, 2.05) is 24.4 Å². The van der Waals surface area contributed by atoms with E-state index in [0.29, 0.717) is 6.04 Å². The molecule has 6 heteroatoms. The van der Waals surface area contributed by atoms with Gasteiger partial charge in [-0.25, -0.2) is 0 Å². The maximum atomic E-state index is 6.03. The number of nitrogens with one attached hydrogen (secondary N) is 2. The van der Waals surface area contributed by atoms with Crippen molar-refractivity contribution in [1.29, 1.82) is 0 Å². The average Bonchev–Trinajstić information content (AvgIpc) is 2.89. The molecule has 1 atom stereocenters. The lowest BCUT2D eigenvalue weighted by molar-refractivity contribution is 0.434. The van der Waals surface area contributed by atoms with Crippen LogP contribution in [0.2, 0.25) is 5.02 Å². The van der Waals surface area contributed by atoms with Crippen molar-refractivity contribution >= 4 is 41.0 Å². The van der Waals surface area contributed by atoms with E-state index in [9.17, 15) is 0 Å². The molecular weight excluding hydrogens is 412 g/mol. The minimum atomic E-state index is 0.448. The Balaban J connectivity index is 1.42. The van der Waals surface area contributed by atoms with Gasteiger partial charge in [-0.15, -0.1) is 0 Å². The first-order chi connectivity index (χ1) is 14.7. The SMILES string of the molecule is CC1=Cc2c(c3ccccnc-3c2N2CCN[C@@H](CCc3ccc(Cl)cc3)C2)NS1. The minimum absolute atomic E-state index is 0.448. The zero-order valence-corrected chi connectivity index (χ0v) is 18.6. The van der Waals surface area contributed by atoms with Crippen LogP contribution in [0.25, 0.3) is 17.3 Å². The van der Waals surface area contributed by atoms with Crippen LogP contribution in [-0.4, -0.2) is 30.7 Å². The number of rotatable bonds is 4. The molecule has 5 rings (SSSR count). The zero-order valence-electron chi connectivity index (χ0n) is 17.0. The Kier molecular flexibility index (Phi) is 5.59. The normalized spacial score (nSPS) is 18.7. The second-order valence-corrected chi connectivity index (χ2v) is 9.44. The van der Waals surface area contributed by atoms with Crippen molar-refractivity contribution in [2.45, 2.75) is 25.8 Å². The van der Waals surface area contributed by atoms with Gasteiger partial charge >= 0.3 is 0 Å². The molecule has 3 aliphatic heterocycles. The molecule has 1 aromatic carbocycles. The van der Waals surface area contributed by atoms with Gasteiger partial charge in [0.1, 0.15) is 0 Å². The van der Waals surface area contributed by atoms with Gasteiger partial charge in [0.15, 0.2) is 0 Å². The number of benzene rings is 1. The summed E-state index contributed by atoms with van der Waals surface area (Å²) in [6.07, 6.45) is 6.36. The molecule has 1 aromatic rings. The summed E-state index contributed by atoms with van der Waals surface area (Å²) in [6, 6.07) is 14.9. The summed E-state index contributed by atoms with van der Waals surface area (Å²) >= 11 is 7.71. The maximum Gasteiger partial charge on any atom is 0.0963 e. The van der Waals surface area contributed by atoms with Crippen LogP contribution < -0.4 is 14.9 Å². The number of halogens is 1. The fourth-order valence-electron chi connectivity index (χ4n) is 4.40. The molecule has 2 N–H and O–H groups in total. The molecule has 0 aromatic heterocycles. The van der Waals surface area contributed by atoms with Crippen LogP contribution in [-0.2, 0) is 6.42 Å². The Labute approximate surface area is 187 Å². The number of allylic oxidation sites excluding steroid dienone is 1. The van der Waals surface area contributed by atoms with E-state index in [1.165, 1.54) is 33.0 Å². The number of hydrogen-bond acceptors (Lipinski definition) is 5. The highest BCUT2D eigenvalue weighted by Gasteiger charge is 2.31. The molecule has 0 radical (unpaired) electrons. The van der Waals surface area contributed by atoms with Crippen LogP contribution in [0.4, 0.5) is 11.4 Å². The summed E-state index contributed by atoms with van der Waals surface area (Å²) in [5.41, 5.74) is 7.35. The van der Waals surface area contributed by atoms with Crippen LogP contribution in [0.3, 0.4) is 0 Å². The van der Waals surface area contributed by atoms with Crippen molar-refractivity contribution in [3.05, 3.63) is 69.7 Å². The van der Waals surface area contributed by atoms with Gasteiger partial charge in [0.25, 0.3) is 0 Å². The van der Waals surface area contributed by atoms with Gasteiger partial charge in [0.05, 0.1) is 17.1 Å². The topological polar surface area (TPSA) is 40.2 Å². The first-order valence-electron chi connectivity index (χ1n) is 10.4. The van der Waals surface area contributed by atoms with Crippen molar-refractivity contribution in [2.24, 2.45) is 0 Å². The molecule has 1 saturated heterocycles. The molecule has 0 bridgehead atoms. The van der Waals surface area contributed by atoms with Crippen LogP contribution in [0.15, 0.2) is 53.6 Å². The molecule has 4 nitrogen and oxygen atoms in total. The van der Waals surface area contributed by atoms with E-state index in [-0.39, 0.29) is 0 Å². The Morgan fingerprint density at radius 3 is 2.93 bits per heavy atom. The van der Waals surface area contributed by atoms with E-state index in [2.05, 4.69) is 52.2 Å². The van der Waals surface area contributed by atoms with Crippen LogP contribution in [0.5, 0.6) is 0 Å². The molecule has 0 amide bonds. The summed E-state index contributed by atoms with van der Waals surface area (Å²) in [4.78, 5) is 8.62. The number of aryl methyl sites for hydroxylation is 1. The lowest BCUT2D eigenvalue weighted by Crippen LogP contribution is -2.51. The molecule has 3 heterocycles. The van der Waals surface area contributed by atoms with Crippen molar-refractivity contribution in [3.63, 3.8) is 0 Å². The van der Waals surface area contributed by atoms with Gasteiger partial charge in [-0.05, 0) is 61.6 Å². The summed E-state index contributed by atoms with van der Waals surface area (Å²) in [6.45, 7) is 5.11. The van der Waals surface area contributed by atoms with Gasteiger partial charge in [-0.3, -0.25) is 4.98 Å². The molecule has 154 valence electrons. The maximum absolute atomic E-state index is 6.03. The highest BCUT2D eigenvalue weighted by atomic mass is 35.5. The predicted octanol–water partition coefficient (Wildman–Crippen LogP) is 5.69. The fourth-order valence-corrected chi connectivity index (χ4v) is 5.18. The first kappa shape index (κ1) is 19.7. The molecular formula is C24H25ClN4S. The Morgan fingerprint density at radius 1 is 1.20 bits per heavy atom. The van der Waals surface area contributed by atoms with Crippen molar-refractivity contribution in [2.75, 3.05) is 29.3 Å². The first-order valence-corrected chi connectivity index (χ1v) is 11.6.